The van der Waals surface area contributed by atoms with Gasteiger partial charge in [-0.05, 0) is 95.8 Å². The highest BCUT2D eigenvalue weighted by molar-refractivity contribution is 9.10. The lowest BCUT2D eigenvalue weighted by Crippen LogP contribution is -1.93. The van der Waals surface area contributed by atoms with Crippen molar-refractivity contribution in [2.45, 2.75) is 22.6 Å². The molecule has 0 N–H and O–H groups in total. The molecule has 0 saturated heterocycles. The summed E-state index contributed by atoms with van der Waals surface area (Å²) in [6.45, 7) is 0. The zero-order valence-corrected chi connectivity index (χ0v) is 23.2. The molecule has 0 atom stereocenters. The molecule has 0 heterocycles. The average Bonchev–Trinajstić information content (AvgIpc) is 2.87. The molecular formula is C28H18Br2N2OS2. The van der Waals surface area contributed by atoms with Crippen molar-refractivity contribution in [3.05, 3.63) is 127 Å². The zero-order valence-electron chi connectivity index (χ0n) is 18.4. The van der Waals surface area contributed by atoms with Gasteiger partial charge in [-0.15, -0.1) is 0 Å². The van der Waals surface area contributed by atoms with Gasteiger partial charge in [0.2, 0.25) is 0 Å². The van der Waals surface area contributed by atoms with E-state index in [1.165, 1.54) is 24.1 Å². The minimum absolute atomic E-state index is 0.656. The van der Waals surface area contributed by atoms with Gasteiger partial charge in [0.1, 0.15) is 0 Å². The second kappa shape index (κ2) is 12.4. The molecule has 0 aliphatic rings. The van der Waals surface area contributed by atoms with Crippen LogP contribution in [0.4, 0.5) is 0 Å². The first-order valence-corrected chi connectivity index (χ1v) is 13.7. The van der Waals surface area contributed by atoms with Crippen LogP contribution in [0, 0.1) is 22.7 Å². The number of halogens is 2. The second-order valence-corrected chi connectivity index (χ2v) is 11.3. The van der Waals surface area contributed by atoms with Crippen molar-refractivity contribution < 1.29 is 3.63 Å². The maximum absolute atomic E-state index is 9.04. The molecular weight excluding hydrogens is 604 g/mol. The van der Waals surface area contributed by atoms with Crippen LogP contribution in [-0.4, -0.2) is 0 Å². The minimum Gasteiger partial charge on any atom is -0.237 e. The number of nitrogens with zero attached hydrogens (tertiary/aromatic N) is 2. The first-order chi connectivity index (χ1) is 17.0. The molecule has 0 amide bonds. The number of rotatable bonds is 8. The van der Waals surface area contributed by atoms with E-state index in [1.54, 1.807) is 0 Å². The van der Waals surface area contributed by atoms with Crippen molar-refractivity contribution in [2.75, 3.05) is 0 Å². The smallest absolute Gasteiger partial charge is 0.0991 e. The van der Waals surface area contributed by atoms with Crippen LogP contribution in [0.3, 0.4) is 0 Å². The Morgan fingerprint density at radius 2 is 1.00 bits per heavy atom. The van der Waals surface area contributed by atoms with E-state index in [2.05, 4.69) is 56.1 Å². The second-order valence-electron chi connectivity index (χ2n) is 7.71. The highest BCUT2D eigenvalue weighted by atomic mass is 79.9. The van der Waals surface area contributed by atoms with Gasteiger partial charge in [0.25, 0.3) is 0 Å². The van der Waals surface area contributed by atoms with E-state index >= 15 is 0 Å². The van der Waals surface area contributed by atoms with Gasteiger partial charge in [-0.1, -0.05) is 56.1 Å². The summed E-state index contributed by atoms with van der Waals surface area (Å²) in [6.07, 6.45) is 1.48. The molecule has 0 spiro atoms. The number of nitriles is 2. The Bertz CT molecular complexity index is 1300. The van der Waals surface area contributed by atoms with E-state index < -0.39 is 0 Å². The SMILES string of the molecule is N#Cc1ccc(Cc2cc(Br)ccc2SOSc2ccc(Br)cc2Cc2ccc(C#N)cc2)cc1. The van der Waals surface area contributed by atoms with Crippen molar-refractivity contribution in [1.29, 1.82) is 10.5 Å². The quantitative estimate of drug-likeness (QED) is 0.184. The van der Waals surface area contributed by atoms with Crippen LogP contribution in [0.2, 0.25) is 0 Å². The van der Waals surface area contributed by atoms with Crippen LogP contribution in [-0.2, 0) is 16.5 Å². The molecule has 4 aromatic carbocycles. The lowest BCUT2D eigenvalue weighted by atomic mass is 10.0. The van der Waals surface area contributed by atoms with Gasteiger partial charge in [-0.3, -0.25) is 0 Å². The minimum atomic E-state index is 0.656. The molecule has 7 heteroatoms. The molecule has 3 nitrogen and oxygen atoms in total. The molecule has 0 aromatic heterocycles. The van der Waals surface area contributed by atoms with Crippen molar-refractivity contribution in [3.8, 4) is 12.1 Å². The summed E-state index contributed by atoms with van der Waals surface area (Å²) >= 11 is 9.83. The molecule has 0 bridgehead atoms. The number of hydrogen-bond donors (Lipinski definition) is 0. The third kappa shape index (κ3) is 7.24. The maximum atomic E-state index is 9.04. The van der Waals surface area contributed by atoms with Crippen LogP contribution < -0.4 is 0 Å². The summed E-state index contributed by atoms with van der Waals surface area (Å²) in [5, 5.41) is 18.1. The van der Waals surface area contributed by atoms with Gasteiger partial charge in [0, 0.05) is 42.8 Å². The zero-order chi connectivity index (χ0) is 24.6. The predicted octanol–water partition coefficient (Wildman–Crippen LogP) is 8.87. The fraction of sp³-hybridized carbons (Fsp3) is 0.0714. The molecule has 172 valence electrons. The summed E-state index contributed by atoms with van der Waals surface area (Å²) in [6, 6.07) is 32.0. The predicted molar refractivity (Wildman–Crippen MR) is 149 cm³/mol. The van der Waals surface area contributed by atoms with E-state index in [1.807, 2.05) is 72.8 Å². The van der Waals surface area contributed by atoms with Crippen LogP contribution >= 0.6 is 55.9 Å². The van der Waals surface area contributed by atoms with Gasteiger partial charge in [-0.2, -0.15) is 10.5 Å². The molecule has 0 aliphatic carbocycles. The maximum Gasteiger partial charge on any atom is 0.0991 e. The Hall–Kier alpha value is -2.52. The highest BCUT2D eigenvalue weighted by Crippen LogP contribution is 2.36. The highest BCUT2D eigenvalue weighted by Gasteiger charge is 2.11. The van der Waals surface area contributed by atoms with Gasteiger partial charge >= 0.3 is 0 Å². The summed E-state index contributed by atoms with van der Waals surface area (Å²) in [5.41, 5.74) is 5.86. The van der Waals surface area contributed by atoms with Crippen LogP contribution in [0.25, 0.3) is 0 Å². The van der Waals surface area contributed by atoms with Gasteiger partial charge in [-0.25, -0.2) is 3.63 Å². The Balaban J connectivity index is 1.46. The molecule has 35 heavy (non-hydrogen) atoms. The van der Waals surface area contributed by atoms with Crippen LogP contribution in [0.1, 0.15) is 33.4 Å². The van der Waals surface area contributed by atoms with E-state index in [9.17, 15) is 0 Å². The van der Waals surface area contributed by atoms with Crippen molar-refractivity contribution in [1.82, 2.24) is 0 Å². The molecule has 0 fully saturated rings. The van der Waals surface area contributed by atoms with Gasteiger partial charge in [0.15, 0.2) is 0 Å². The van der Waals surface area contributed by atoms with E-state index in [0.29, 0.717) is 11.1 Å². The van der Waals surface area contributed by atoms with Gasteiger partial charge in [0.05, 0.1) is 23.3 Å². The summed E-state index contributed by atoms with van der Waals surface area (Å²) in [4.78, 5) is 2.08. The molecule has 4 aromatic rings. The summed E-state index contributed by atoms with van der Waals surface area (Å²) < 4.78 is 8.05. The fourth-order valence-electron chi connectivity index (χ4n) is 3.46. The standard InChI is InChI=1S/C28H18Br2N2OS2/c29-25-9-11-27(23(15-25)13-19-1-5-21(17-31)6-2-19)34-33-35-28-12-10-26(30)16-24(28)14-20-3-7-22(18-32)8-4-20/h1-12,15-16H,13-14H2. The van der Waals surface area contributed by atoms with E-state index in [4.69, 9.17) is 14.2 Å². The summed E-state index contributed by atoms with van der Waals surface area (Å²) in [5.74, 6) is 0. The third-order valence-electron chi connectivity index (χ3n) is 5.25. The van der Waals surface area contributed by atoms with E-state index in [-0.39, 0.29) is 0 Å². The first-order valence-electron chi connectivity index (χ1n) is 10.6. The molecule has 0 aliphatic heterocycles. The van der Waals surface area contributed by atoms with Crippen molar-refractivity contribution in [2.24, 2.45) is 0 Å². The Morgan fingerprint density at radius 3 is 1.37 bits per heavy atom. The first kappa shape index (κ1) is 25.6. The number of hydrogen-bond acceptors (Lipinski definition) is 5. The van der Waals surface area contributed by atoms with E-state index in [0.717, 1.165) is 53.8 Å². The Labute approximate surface area is 230 Å². The largest absolute Gasteiger partial charge is 0.237 e. The molecule has 0 saturated carbocycles. The Kier molecular flexibility index (Phi) is 9.09. The average molecular weight is 622 g/mol. The monoisotopic (exact) mass is 620 g/mol. The lowest BCUT2D eigenvalue weighted by molar-refractivity contribution is 0.753. The third-order valence-corrected chi connectivity index (χ3v) is 7.93. The lowest BCUT2D eigenvalue weighted by Gasteiger charge is -2.12. The normalized spacial score (nSPS) is 10.5. The van der Waals surface area contributed by atoms with Gasteiger partial charge < -0.3 is 0 Å². The fourth-order valence-corrected chi connectivity index (χ4v) is 5.72. The number of benzene rings is 4. The summed E-state index contributed by atoms with van der Waals surface area (Å²) in [7, 11) is 0. The Morgan fingerprint density at radius 1 is 0.600 bits per heavy atom. The van der Waals surface area contributed by atoms with Crippen LogP contribution in [0.5, 0.6) is 0 Å². The molecule has 4 rings (SSSR count). The topological polar surface area (TPSA) is 56.8 Å². The van der Waals surface area contributed by atoms with Crippen molar-refractivity contribution >= 4 is 55.9 Å². The van der Waals surface area contributed by atoms with Crippen molar-refractivity contribution in [3.63, 3.8) is 0 Å². The molecule has 0 unspecified atom stereocenters. The molecule has 0 radical (unpaired) electrons. The van der Waals surface area contributed by atoms with Crippen LogP contribution in [0.15, 0.2) is 104 Å².